The summed E-state index contributed by atoms with van der Waals surface area (Å²) in [6, 6.07) is 10.6. The molecule has 126 valence electrons. The van der Waals surface area contributed by atoms with Crippen molar-refractivity contribution < 1.29 is 4.79 Å². The number of piperidine rings is 1. The maximum Gasteiger partial charge on any atom is 0.226 e. The third-order valence-electron chi connectivity index (χ3n) is 5.19. The Morgan fingerprint density at radius 3 is 2.78 bits per heavy atom. The van der Waals surface area contributed by atoms with Crippen LogP contribution in [0.4, 0.5) is 0 Å². The zero-order chi connectivity index (χ0) is 16.1. The van der Waals surface area contributed by atoms with Gasteiger partial charge < -0.3 is 10.2 Å². The molecule has 23 heavy (non-hydrogen) atoms. The summed E-state index contributed by atoms with van der Waals surface area (Å²) in [6.45, 7) is 5.90. The van der Waals surface area contributed by atoms with Crippen molar-refractivity contribution in [1.29, 1.82) is 0 Å². The number of hydrogen-bond donors (Lipinski definition) is 1. The zero-order valence-corrected chi connectivity index (χ0v) is 14.2. The SMILES string of the molecule is CNCC1CCN(C(=O)C2CCCN(Cc3ccccc3)C2)C1. The summed E-state index contributed by atoms with van der Waals surface area (Å²) in [6.07, 6.45) is 3.33. The number of nitrogens with zero attached hydrogens (tertiary/aromatic N) is 2. The van der Waals surface area contributed by atoms with Crippen molar-refractivity contribution >= 4 is 5.91 Å². The summed E-state index contributed by atoms with van der Waals surface area (Å²) in [5.74, 6) is 1.22. The lowest BCUT2D eigenvalue weighted by Crippen LogP contribution is -2.44. The molecule has 3 rings (SSSR count). The highest BCUT2D eigenvalue weighted by atomic mass is 16.2. The van der Waals surface area contributed by atoms with Gasteiger partial charge >= 0.3 is 0 Å². The number of likely N-dealkylation sites (tertiary alicyclic amines) is 2. The summed E-state index contributed by atoms with van der Waals surface area (Å²) < 4.78 is 0. The van der Waals surface area contributed by atoms with Gasteiger partial charge in [0.2, 0.25) is 5.91 Å². The molecule has 1 aromatic carbocycles. The molecule has 1 amide bonds. The Balaban J connectivity index is 1.53. The molecule has 4 nitrogen and oxygen atoms in total. The van der Waals surface area contributed by atoms with Crippen molar-refractivity contribution in [2.75, 3.05) is 39.8 Å². The molecule has 4 heteroatoms. The van der Waals surface area contributed by atoms with Gasteiger partial charge in [-0.1, -0.05) is 30.3 Å². The van der Waals surface area contributed by atoms with Gasteiger partial charge in [0.1, 0.15) is 0 Å². The molecule has 0 saturated carbocycles. The van der Waals surface area contributed by atoms with Crippen molar-refractivity contribution in [2.45, 2.75) is 25.8 Å². The first-order chi connectivity index (χ1) is 11.3. The molecule has 2 unspecified atom stereocenters. The molecule has 0 aliphatic carbocycles. The molecule has 2 atom stereocenters. The van der Waals surface area contributed by atoms with Crippen LogP contribution in [0.15, 0.2) is 30.3 Å². The highest BCUT2D eigenvalue weighted by Crippen LogP contribution is 2.24. The minimum Gasteiger partial charge on any atom is -0.342 e. The van der Waals surface area contributed by atoms with Gasteiger partial charge in [-0.25, -0.2) is 0 Å². The van der Waals surface area contributed by atoms with Crippen molar-refractivity contribution in [1.82, 2.24) is 15.1 Å². The molecule has 2 aliphatic heterocycles. The van der Waals surface area contributed by atoms with Gasteiger partial charge in [0, 0.05) is 26.2 Å². The number of rotatable bonds is 5. The second kappa shape index (κ2) is 7.93. The molecule has 2 fully saturated rings. The molecule has 2 saturated heterocycles. The number of nitrogens with one attached hydrogen (secondary N) is 1. The minimum atomic E-state index is 0.195. The third-order valence-corrected chi connectivity index (χ3v) is 5.19. The summed E-state index contributed by atoms with van der Waals surface area (Å²) in [7, 11) is 1.99. The first-order valence-electron chi connectivity index (χ1n) is 8.96. The lowest BCUT2D eigenvalue weighted by Gasteiger charge is -2.34. The highest BCUT2D eigenvalue weighted by Gasteiger charge is 2.33. The maximum absolute atomic E-state index is 12.8. The fourth-order valence-corrected chi connectivity index (χ4v) is 3.99. The normalized spacial score (nSPS) is 25.7. The van der Waals surface area contributed by atoms with Crippen LogP contribution >= 0.6 is 0 Å². The molecular weight excluding hydrogens is 286 g/mol. The molecule has 2 heterocycles. The Labute approximate surface area is 139 Å². The number of carbonyl (C=O) groups excluding carboxylic acids is 1. The van der Waals surface area contributed by atoms with E-state index in [0.717, 1.165) is 58.5 Å². The maximum atomic E-state index is 12.8. The van der Waals surface area contributed by atoms with Crippen LogP contribution in [-0.4, -0.2) is 55.5 Å². The Kier molecular flexibility index (Phi) is 5.68. The zero-order valence-electron chi connectivity index (χ0n) is 14.2. The predicted molar refractivity (Wildman–Crippen MR) is 93.1 cm³/mol. The first kappa shape index (κ1) is 16.5. The van der Waals surface area contributed by atoms with E-state index in [9.17, 15) is 4.79 Å². The smallest absolute Gasteiger partial charge is 0.226 e. The number of amides is 1. The van der Waals surface area contributed by atoms with E-state index in [0.29, 0.717) is 11.8 Å². The van der Waals surface area contributed by atoms with Crippen LogP contribution in [0.1, 0.15) is 24.8 Å². The Bertz CT molecular complexity index is 505. The number of carbonyl (C=O) groups is 1. The average Bonchev–Trinajstić information content (AvgIpc) is 3.04. The van der Waals surface area contributed by atoms with Gasteiger partial charge in [-0.15, -0.1) is 0 Å². The third kappa shape index (κ3) is 4.33. The summed E-state index contributed by atoms with van der Waals surface area (Å²) >= 11 is 0. The van der Waals surface area contributed by atoms with Crippen LogP contribution in [0.3, 0.4) is 0 Å². The van der Waals surface area contributed by atoms with Gasteiger partial charge in [-0.2, -0.15) is 0 Å². The van der Waals surface area contributed by atoms with E-state index in [2.05, 4.69) is 45.4 Å². The fraction of sp³-hybridized carbons (Fsp3) is 0.632. The van der Waals surface area contributed by atoms with Crippen LogP contribution in [0.5, 0.6) is 0 Å². The number of hydrogen-bond acceptors (Lipinski definition) is 3. The Hall–Kier alpha value is -1.39. The standard InChI is InChI=1S/C19H29N3O/c1-20-12-17-9-11-22(14-17)19(23)18-8-5-10-21(15-18)13-16-6-3-2-4-7-16/h2-4,6-7,17-18,20H,5,8-15H2,1H3. The van der Waals surface area contributed by atoms with Crippen LogP contribution in [-0.2, 0) is 11.3 Å². The quantitative estimate of drug-likeness (QED) is 0.902. The van der Waals surface area contributed by atoms with E-state index in [-0.39, 0.29) is 5.92 Å². The van der Waals surface area contributed by atoms with Gasteiger partial charge in [-0.3, -0.25) is 9.69 Å². The molecular formula is C19H29N3O. The molecule has 1 aromatic rings. The van der Waals surface area contributed by atoms with Crippen molar-refractivity contribution in [3.8, 4) is 0 Å². The average molecular weight is 315 g/mol. The van der Waals surface area contributed by atoms with E-state index >= 15 is 0 Å². The molecule has 0 aromatic heterocycles. The first-order valence-corrected chi connectivity index (χ1v) is 8.96. The molecule has 1 N–H and O–H groups in total. The molecule has 0 radical (unpaired) electrons. The van der Waals surface area contributed by atoms with Gasteiger partial charge in [0.25, 0.3) is 0 Å². The van der Waals surface area contributed by atoms with Crippen LogP contribution in [0.25, 0.3) is 0 Å². The topological polar surface area (TPSA) is 35.6 Å². The van der Waals surface area contributed by atoms with Crippen LogP contribution in [0, 0.1) is 11.8 Å². The van der Waals surface area contributed by atoms with E-state index in [1.54, 1.807) is 0 Å². The van der Waals surface area contributed by atoms with Crippen molar-refractivity contribution in [3.63, 3.8) is 0 Å². The summed E-state index contributed by atoms with van der Waals surface area (Å²) in [4.78, 5) is 17.4. The lowest BCUT2D eigenvalue weighted by atomic mass is 9.96. The van der Waals surface area contributed by atoms with Crippen molar-refractivity contribution in [3.05, 3.63) is 35.9 Å². The van der Waals surface area contributed by atoms with E-state index in [1.807, 2.05) is 7.05 Å². The monoisotopic (exact) mass is 315 g/mol. The van der Waals surface area contributed by atoms with Crippen LogP contribution in [0.2, 0.25) is 0 Å². The van der Waals surface area contributed by atoms with E-state index < -0.39 is 0 Å². The van der Waals surface area contributed by atoms with E-state index in [4.69, 9.17) is 0 Å². The second-order valence-corrected chi connectivity index (χ2v) is 7.06. The second-order valence-electron chi connectivity index (χ2n) is 7.06. The van der Waals surface area contributed by atoms with Crippen LogP contribution < -0.4 is 5.32 Å². The Morgan fingerprint density at radius 1 is 1.17 bits per heavy atom. The Morgan fingerprint density at radius 2 is 2.00 bits per heavy atom. The lowest BCUT2D eigenvalue weighted by molar-refractivity contribution is -0.136. The van der Waals surface area contributed by atoms with Gasteiger partial charge in [0.15, 0.2) is 0 Å². The largest absolute Gasteiger partial charge is 0.342 e. The number of benzene rings is 1. The van der Waals surface area contributed by atoms with Crippen molar-refractivity contribution in [2.24, 2.45) is 11.8 Å². The predicted octanol–water partition coefficient (Wildman–Crippen LogP) is 1.97. The molecule has 0 spiro atoms. The fourth-order valence-electron chi connectivity index (χ4n) is 3.99. The molecule has 2 aliphatic rings. The highest BCUT2D eigenvalue weighted by molar-refractivity contribution is 5.79. The summed E-state index contributed by atoms with van der Waals surface area (Å²) in [5, 5.41) is 3.24. The van der Waals surface area contributed by atoms with Gasteiger partial charge in [0.05, 0.1) is 5.92 Å². The minimum absolute atomic E-state index is 0.195. The van der Waals surface area contributed by atoms with Gasteiger partial charge in [-0.05, 0) is 50.9 Å². The molecule has 0 bridgehead atoms. The van der Waals surface area contributed by atoms with E-state index in [1.165, 1.54) is 5.56 Å². The summed E-state index contributed by atoms with van der Waals surface area (Å²) in [5.41, 5.74) is 1.34.